The summed E-state index contributed by atoms with van der Waals surface area (Å²) >= 11 is 5.99. The Balaban J connectivity index is 1.87. The average Bonchev–Trinajstić information content (AvgIpc) is 2.76. The summed E-state index contributed by atoms with van der Waals surface area (Å²) < 4.78 is 46.5. The van der Waals surface area contributed by atoms with Crippen LogP contribution < -0.4 is 14.4 Å². The summed E-state index contributed by atoms with van der Waals surface area (Å²) in [4.78, 5) is 12.5. The van der Waals surface area contributed by atoms with E-state index in [4.69, 9.17) is 16.3 Å². The van der Waals surface area contributed by atoms with E-state index < -0.39 is 21.7 Å². The van der Waals surface area contributed by atoms with Gasteiger partial charge in [-0.05, 0) is 67.1 Å². The molecule has 0 bridgehead atoms. The number of ether oxygens (including phenoxy) is 1. The Hall–Kier alpha value is -3.10. The van der Waals surface area contributed by atoms with Crippen molar-refractivity contribution in [1.29, 1.82) is 0 Å². The van der Waals surface area contributed by atoms with Gasteiger partial charge in [0.25, 0.3) is 10.0 Å². The second kappa shape index (κ2) is 10.0. The van der Waals surface area contributed by atoms with Crippen LogP contribution in [0.15, 0.2) is 71.6 Å². The maximum atomic E-state index is 13.5. The van der Waals surface area contributed by atoms with E-state index in [9.17, 15) is 17.6 Å². The highest BCUT2D eigenvalue weighted by molar-refractivity contribution is 7.92. The molecule has 0 heterocycles. The molecule has 0 atom stereocenters. The number of carbonyl (C=O) groups is 1. The van der Waals surface area contributed by atoms with Gasteiger partial charge in [0.2, 0.25) is 5.91 Å². The quantitative estimate of drug-likeness (QED) is 0.495. The molecular weight excluding hydrogens is 455 g/mol. The molecule has 6 nitrogen and oxygen atoms in total. The van der Waals surface area contributed by atoms with Crippen molar-refractivity contribution in [2.45, 2.75) is 18.2 Å². The molecule has 0 aliphatic carbocycles. The molecule has 0 saturated carbocycles. The number of nitrogens with zero attached hydrogens (tertiary/aromatic N) is 1. The number of methoxy groups -OCH3 is 1. The SMILES string of the molecule is COc1ccc(N(CCC(=O)Nc2cc(F)ccc2C)S(=O)(=O)c2cccc(Cl)c2)cc1. The van der Waals surface area contributed by atoms with Crippen LogP contribution in [0, 0.1) is 12.7 Å². The van der Waals surface area contributed by atoms with Crippen LogP contribution in [-0.4, -0.2) is 28.0 Å². The summed E-state index contributed by atoms with van der Waals surface area (Å²) in [6, 6.07) is 16.4. The molecule has 168 valence electrons. The third-order valence-corrected chi connectivity index (χ3v) is 6.82. The number of benzene rings is 3. The minimum Gasteiger partial charge on any atom is -0.497 e. The molecule has 3 aromatic carbocycles. The first-order valence-electron chi connectivity index (χ1n) is 9.69. The minimum absolute atomic E-state index is 0.00204. The number of nitrogens with one attached hydrogen (secondary N) is 1. The lowest BCUT2D eigenvalue weighted by atomic mass is 10.2. The van der Waals surface area contributed by atoms with Crippen molar-refractivity contribution in [2.75, 3.05) is 23.3 Å². The fourth-order valence-corrected chi connectivity index (χ4v) is 4.80. The third kappa shape index (κ3) is 5.57. The van der Waals surface area contributed by atoms with E-state index in [0.29, 0.717) is 22.7 Å². The number of hydrogen-bond acceptors (Lipinski definition) is 4. The van der Waals surface area contributed by atoms with E-state index in [-0.39, 0.29) is 22.9 Å². The number of anilines is 2. The van der Waals surface area contributed by atoms with Crippen molar-refractivity contribution in [2.24, 2.45) is 0 Å². The molecule has 1 N–H and O–H groups in total. The molecule has 0 aromatic heterocycles. The first-order chi connectivity index (χ1) is 15.2. The van der Waals surface area contributed by atoms with Gasteiger partial charge in [-0.1, -0.05) is 23.7 Å². The van der Waals surface area contributed by atoms with Crippen LogP contribution >= 0.6 is 11.6 Å². The molecule has 0 radical (unpaired) electrons. The highest BCUT2D eigenvalue weighted by atomic mass is 35.5. The van der Waals surface area contributed by atoms with Crippen LogP contribution in [0.3, 0.4) is 0 Å². The Labute approximate surface area is 191 Å². The summed E-state index contributed by atoms with van der Waals surface area (Å²) in [6.07, 6.45) is -0.151. The number of sulfonamides is 1. The van der Waals surface area contributed by atoms with E-state index in [2.05, 4.69) is 5.32 Å². The predicted octanol–water partition coefficient (Wildman–Crippen LogP) is 5.02. The molecule has 0 aliphatic heterocycles. The summed E-state index contributed by atoms with van der Waals surface area (Å²) in [6.45, 7) is 1.60. The number of hydrogen-bond donors (Lipinski definition) is 1. The van der Waals surface area contributed by atoms with Gasteiger partial charge in [-0.25, -0.2) is 12.8 Å². The first kappa shape index (κ1) is 23.6. The van der Waals surface area contributed by atoms with Gasteiger partial charge >= 0.3 is 0 Å². The lowest BCUT2D eigenvalue weighted by Crippen LogP contribution is -2.34. The monoisotopic (exact) mass is 476 g/mol. The predicted molar refractivity (Wildman–Crippen MR) is 123 cm³/mol. The van der Waals surface area contributed by atoms with E-state index in [1.807, 2.05) is 0 Å². The third-order valence-electron chi connectivity index (χ3n) is 4.76. The molecule has 9 heteroatoms. The number of amides is 1. The number of rotatable bonds is 8. The fourth-order valence-electron chi connectivity index (χ4n) is 3.04. The second-order valence-electron chi connectivity index (χ2n) is 6.99. The summed E-state index contributed by atoms with van der Waals surface area (Å²) in [5.74, 6) is -0.360. The van der Waals surface area contributed by atoms with E-state index in [0.717, 1.165) is 4.31 Å². The average molecular weight is 477 g/mol. The molecule has 32 heavy (non-hydrogen) atoms. The van der Waals surface area contributed by atoms with Gasteiger partial charge in [0, 0.05) is 23.7 Å². The zero-order chi connectivity index (χ0) is 23.3. The lowest BCUT2D eigenvalue weighted by Gasteiger charge is -2.25. The van der Waals surface area contributed by atoms with Gasteiger partial charge in [-0.2, -0.15) is 0 Å². The second-order valence-corrected chi connectivity index (χ2v) is 9.29. The summed E-state index contributed by atoms with van der Waals surface area (Å²) in [5, 5.41) is 2.91. The van der Waals surface area contributed by atoms with Gasteiger partial charge in [0.1, 0.15) is 11.6 Å². The van der Waals surface area contributed by atoms with Crippen molar-refractivity contribution in [3.05, 3.63) is 83.1 Å². The number of carbonyl (C=O) groups excluding carboxylic acids is 1. The Morgan fingerprint density at radius 2 is 1.81 bits per heavy atom. The Kier molecular flexibility index (Phi) is 7.37. The topological polar surface area (TPSA) is 75.7 Å². The van der Waals surface area contributed by atoms with Gasteiger partial charge < -0.3 is 10.1 Å². The molecule has 0 fully saturated rings. The molecule has 1 amide bonds. The molecule has 3 rings (SSSR count). The van der Waals surface area contributed by atoms with Crippen LogP contribution in [-0.2, 0) is 14.8 Å². The van der Waals surface area contributed by atoms with Crippen LogP contribution in [0.4, 0.5) is 15.8 Å². The zero-order valence-electron chi connectivity index (χ0n) is 17.5. The molecule has 0 saturated heterocycles. The van der Waals surface area contributed by atoms with Crippen molar-refractivity contribution >= 4 is 38.9 Å². The zero-order valence-corrected chi connectivity index (χ0v) is 19.1. The Morgan fingerprint density at radius 1 is 1.09 bits per heavy atom. The van der Waals surface area contributed by atoms with Crippen LogP contribution in [0.25, 0.3) is 0 Å². The largest absolute Gasteiger partial charge is 0.497 e. The van der Waals surface area contributed by atoms with Gasteiger partial charge in [0.05, 0.1) is 17.7 Å². The normalized spacial score (nSPS) is 11.1. The van der Waals surface area contributed by atoms with E-state index in [1.54, 1.807) is 49.4 Å². The minimum atomic E-state index is -4.01. The van der Waals surface area contributed by atoms with Crippen LogP contribution in [0.2, 0.25) is 5.02 Å². The highest BCUT2D eigenvalue weighted by Crippen LogP contribution is 2.27. The molecule has 3 aromatic rings. The number of halogens is 2. The summed E-state index contributed by atoms with van der Waals surface area (Å²) in [5.41, 5.74) is 1.39. The lowest BCUT2D eigenvalue weighted by molar-refractivity contribution is -0.116. The van der Waals surface area contributed by atoms with Crippen molar-refractivity contribution < 1.29 is 22.3 Å². The maximum absolute atomic E-state index is 13.5. The fraction of sp³-hybridized carbons (Fsp3) is 0.174. The van der Waals surface area contributed by atoms with Crippen LogP contribution in [0.1, 0.15) is 12.0 Å². The van der Waals surface area contributed by atoms with Crippen molar-refractivity contribution in [1.82, 2.24) is 0 Å². The molecule has 0 unspecified atom stereocenters. The van der Waals surface area contributed by atoms with Gasteiger partial charge in [-0.3, -0.25) is 9.10 Å². The standard InChI is InChI=1S/C23H22ClFN2O4S/c1-16-6-7-18(25)15-22(16)26-23(28)12-13-27(19-8-10-20(31-2)11-9-19)32(29,30)21-5-3-4-17(24)14-21/h3-11,14-15H,12-13H2,1-2H3,(H,26,28). The summed E-state index contributed by atoms with van der Waals surface area (Å²) in [7, 11) is -2.50. The highest BCUT2D eigenvalue weighted by Gasteiger charge is 2.26. The van der Waals surface area contributed by atoms with Crippen LogP contribution in [0.5, 0.6) is 5.75 Å². The van der Waals surface area contributed by atoms with Crippen molar-refractivity contribution in [3.8, 4) is 5.75 Å². The van der Waals surface area contributed by atoms with Gasteiger partial charge in [0.15, 0.2) is 0 Å². The molecular formula is C23H22ClFN2O4S. The first-order valence-corrected chi connectivity index (χ1v) is 11.5. The maximum Gasteiger partial charge on any atom is 0.264 e. The van der Waals surface area contributed by atoms with Crippen molar-refractivity contribution in [3.63, 3.8) is 0 Å². The van der Waals surface area contributed by atoms with E-state index >= 15 is 0 Å². The Morgan fingerprint density at radius 3 is 2.47 bits per heavy atom. The van der Waals surface area contributed by atoms with E-state index in [1.165, 1.54) is 31.4 Å². The number of aryl methyl sites for hydroxylation is 1. The molecule has 0 aliphatic rings. The van der Waals surface area contributed by atoms with Gasteiger partial charge in [-0.15, -0.1) is 0 Å². The molecule has 0 spiro atoms. The smallest absolute Gasteiger partial charge is 0.264 e. The Bertz CT molecular complexity index is 1220.